The molecule has 0 saturated heterocycles. The molecule has 0 amide bonds. The van der Waals surface area contributed by atoms with E-state index in [-0.39, 0.29) is 5.56 Å². The van der Waals surface area contributed by atoms with Crippen molar-refractivity contribution in [1.29, 1.82) is 0 Å². The van der Waals surface area contributed by atoms with E-state index >= 15 is 0 Å². The molecule has 2 rings (SSSR count). The Hall–Kier alpha value is -1.93. The molecule has 0 aromatic carbocycles. The first kappa shape index (κ1) is 12.5. The van der Waals surface area contributed by atoms with Crippen molar-refractivity contribution >= 4 is 16.5 Å². The van der Waals surface area contributed by atoms with E-state index in [0.717, 1.165) is 4.88 Å². The molecule has 0 spiro atoms. The van der Waals surface area contributed by atoms with E-state index in [4.69, 9.17) is 5.84 Å². The summed E-state index contributed by atoms with van der Waals surface area (Å²) in [6, 6.07) is 0. The summed E-state index contributed by atoms with van der Waals surface area (Å²) in [5, 5.41) is 0.582. The fourth-order valence-electron chi connectivity index (χ4n) is 1.54. The third-order valence-corrected chi connectivity index (χ3v) is 3.38. The van der Waals surface area contributed by atoms with Crippen LogP contribution in [-0.4, -0.2) is 14.5 Å². The zero-order chi connectivity index (χ0) is 13.1. The van der Waals surface area contributed by atoms with Gasteiger partial charge in [-0.3, -0.25) is 19.8 Å². The molecule has 0 saturated carbocycles. The van der Waals surface area contributed by atoms with Crippen LogP contribution in [0.25, 0.3) is 0 Å². The van der Waals surface area contributed by atoms with E-state index < -0.39 is 5.69 Å². The van der Waals surface area contributed by atoms with Gasteiger partial charge in [0.25, 0.3) is 5.56 Å². The van der Waals surface area contributed by atoms with Crippen LogP contribution in [0.5, 0.6) is 0 Å². The van der Waals surface area contributed by atoms with Gasteiger partial charge >= 0.3 is 5.69 Å². The lowest BCUT2D eigenvalue weighted by molar-refractivity contribution is 0.714. The van der Waals surface area contributed by atoms with Gasteiger partial charge in [-0.05, 0) is 6.42 Å². The van der Waals surface area contributed by atoms with Gasteiger partial charge in [-0.2, -0.15) is 0 Å². The van der Waals surface area contributed by atoms with Crippen molar-refractivity contribution in [2.24, 2.45) is 5.84 Å². The SMILES string of the molecule is CCc1cn(Cc2cnc(NN)s2)c(=O)[nH]c1=O. The first-order valence-electron chi connectivity index (χ1n) is 5.38. The van der Waals surface area contributed by atoms with Crippen LogP contribution in [0.4, 0.5) is 5.13 Å². The molecule has 0 atom stereocenters. The Labute approximate surface area is 106 Å². The van der Waals surface area contributed by atoms with Crippen LogP contribution in [0.3, 0.4) is 0 Å². The molecule has 0 bridgehead atoms. The summed E-state index contributed by atoms with van der Waals surface area (Å²) in [6.07, 6.45) is 3.80. The van der Waals surface area contributed by atoms with Crippen LogP contribution in [0.1, 0.15) is 17.4 Å². The summed E-state index contributed by atoms with van der Waals surface area (Å²) in [6.45, 7) is 2.23. The minimum atomic E-state index is -0.423. The highest BCUT2D eigenvalue weighted by Crippen LogP contribution is 2.17. The monoisotopic (exact) mass is 267 g/mol. The number of nitrogen functional groups attached to an aromatic ring is 1. The van der Waals surface area contributed by atoms with Crippen molar-refractivity contribution in [2.45, 2.75) is 19.9 Å². The van der Waals surface area contributed by atoms with Crippen molar-refractivity contribution in [3.05, 3.63) is 43.7 Å². The number of aromatic amines is 1. The highest BCUT2D eigenvalue weighted by Gasteiger charge is 2.06. The number of H-pyrrole nitrogens is 1. The predicted octanol–water partition coefficient (Wildman–Crippen LogP) is -0.111. The Bertz CT molecular complexity index is 657. The molecule has 2 aromatic heterocycles. The second kappa shape index (κ2) is 5.15. The lowest BCUT2D eigenvalue weighted by Gasteiger charge is -2.04. The minimum Gasteiger partial charge on any atom is -0.300 e. The fraction of sp³-hybridized carbons (Fsp3) is 0.300. The van der Waals surface area contributed by atoms with Gasteiger partial charge in [-0.15, -0.1) is 0 Å². The summed E-state index contributed by atoms with van der Waals surface area (Å²) in [5.74, 6) is 5.23. The zero-order valence-electron chi connectivity index (χ0n) is 9.77. The summed E-state index contributed by atoms with van der Waals surface area (Å²) < 4.78 is 1.45. The number of rotatable bonds is 4. The number of nitrogens with one attached hydrogen (secondary N) is 2. The van der Waals surface area contributed by atoms with Gasteiger partial charge in [-0.25, -0.2) is 15.6 Å². The van der Waals surface area contributed by atoms with Crippen LogP contribution in [0.15, 0.2) is 22.0 Å². The van der Waals surface area contributed by atoms with E-state index in [0.29, 0.717) is 23.7 Å². The normalized spacial score (nSPS) is 10.6. The van der Waals surface area contributed by atoms with Crippen molar-refractivity contribution < 1.29 is 0 Å². The van der Waals surface area contributed by atoms with Gasteiger partial charge in [0.15, 0.2) is 5.13 Å². The van der Waals surface area contributed by atoms with Gasteiger partial charge in [0.1, 0.15) is 0 Å². The molecule has 2 aromatic rings. The minimum absolute atomic E-state index is 0.327. The van der Waals surface area contributed by atoms with Gasteiger partial charge in [-0.1, -0.05) is 18.3 Å². The fourth-order valence-corrected chi connectivity index (χ4v) is 2.26. The molecule has 4 N–H and O–H groups in total. The maximum Gasteiger partial charge on any atom is 0.328 e. The van der Waals surface area contributed by atoms with Crippen LogP contribution in [-0.2, 0) is 13.0 Å². The van der Waals surface area contributed by atoms with Crippen molar-refractivity contribution in [1.82, 2.24) is 14.5 Å². The molecular formula is C10H13N5O2S. The Morgan fingerprint density at radius 3 is 2.94 bits per heavy atom. The number of hydrogen-bond donors (Lipinski definition) is 3. The maximum absolute atomic E-state index is 11.6. The zero-order valence-corrected chi connectivity index (χ0v) is 10.6. The predicted molar refractivity (Wildman–Crippen MR) is 69.7 cm³/mol. The molecule has 0 aliphatic heterocycles. The highest BCUT2D eigenvalue weighted by atomic mass is 32.1. The number of thiazole rings is 1. The van der Waals surface area contributed by atoms with E-state index in [1.807, 2.05) is 6.92 Å². The number of aromatic nitrogens is 3. The first-order chi connectivity index (χ1) is 8.63. The Morgan fingerprint density at radius 1 is 1.56 bits per heavy atom. The molecule has 2 heterocycles. The Balaban J connectivity index is 2.34. The van der Waals surface area contributed by atoms with Crippen LogP contribution < -0.4 is 22.5 Å². The molecule has 7 nitrogen and oxygen atoms in total. The van der Waals surface area contributed by atoms with Crippen molar-refractivity contribution in [3.8, 4) is 0 Å². The van der Waals surface area contributed by atoms with E-state index in [9.17, 15) is 9.59 Å². The van der Waals surface area contributed by atoms with Crippen molar-refractivity contribution in [2.75, 3.05) is 5.43 Å². The highest BCUT2D eigenvalue weighted by molar-refractivity contribution is 7.15. The lowest BCUT2D eigenvalue weighted by Crippen LogP contribution is -2.31. The second-order valence-corrected chi connectivity index (χ2v) is 4.79. The number of nitrogens with zero attached hydrogens (tertiary/aromatic N) is 2. The van der Waals surface area contributed by atoms with E-state index in [1.54, 1.807) is 12.4 Å². The second-order valence-electron chi connectivity index (χ2n) is 3.67. The van der Waals surface area contributed by atoms with Crippen molar-refractivity contribution in [3.63, 3.8) is 0 Å². The molecule has 96 valence electrons. The quantitative estimate of drug-likeness (QED) is 0.529. The molecule has 0 fully saturated rings. The largest absolute Gasteiger partial charge is 0.328 e. The first-order valence-corrected chi connectivity index (χ1v) is 6.19. The summed E-state index contributed by atoms with van der Waals surface area (Å²) in [7, 11) is 0. The Morgan fingerprint density at radius 2 is 2.33 bits per heavy atom. The lowest BCUT2D eigenvalue weighted by atomic mass is 10.2. The average Bonchev–Trinajstić information content (AvgIpc) is 2.80. The van der Waals surface area contributed by atoms with E-state index in [2.05, 4.69) is 15.4 Å². The summed E-state index contributed by atoms with van der Waals surface area (Å²) >= 11 is 1.36. The number of hydrogen-bond acceptors (Lipinski definition) is 6. The van der Waals surface area contributed by atoms with Gasteiger partial charge in [0.2, 0.25) is 0 Å². The standard InChI is InChI=1S/C10H13N5O2S/c1-2-6-4-15(10(17)13-8(6)16)5-7-3-12-9(14-11)18-7/h3-4H,2,5,11H2,1H3,(H,12,14)(H,13,16,17). The van der Waals surface area contributed by atoms with Gasteiger partial charge < -0.3 is 0 Å². The number of anilines is 1. The summed E-state index contributed by atoms with van der Waals surface area (Å²) in [4.78, 5) is 30.2. The topological polar surface area (TPSA) is 106 Å². The van der Waals surface area contributed by atoms with E-state index in [1.165, 1.54) is 15.9 Å². The molecule has 0 aliphatic rings. The van der Waals surface area contributed by atoms with Crippen LogP contribution >= 0.6 is 11.3 Å². The number of nitrogens with two attached hydrogens (primary N) is 1. The number of aryl methyl sites for hydroxylation is 1. The average molecular weight is 267 g/mol. The molecule has 18 heavy (non-hydrogen) atoms. The van der Waals surface area contributed by atoms with Gasteiger partial charge in [0, 0.05) is 22.8 Å². The van der Waals surface area contributed by atoms with Gasteiger partial charge in [0.05, 0.1) is 6.54 Å². The van der Waals surface area contributed by atoms with Crippen LogP contribution in [0, 0.1) is 0 Å². The third kappa shape index (κ3) is 2.49. The molecule has 0 aliphatic carbocycles. The Kier molecular flexibility index (Phi) is 3.58. The molecule has 0 unspecified atom stereocenters. The summed E-state index contributed by atoms with van der Waals surface area (Å²) in [5.41, 5.74) is 2.27. The smallest absolute Gasteiger partial charge is 0.300 e. The third-order valence-electron chi connectivity index (χ3n) is 2.47. The molecule has 8 heteroatoms. The molecule has 0 radical (unpaired) electrons. The molecular weight excluding hydrogens is 254 g/mol. The maximum atomic E-state index is 11.6. The van der Waals surface area contributed by atoms with Crippen LogP contribution in [0.2, 0.25) is 0 Å². The number of hydrazine groups is 1.